The molecule has 2 heterocycles. The fourth-order valence-corrected chi connectivity index (χ4v) is 2.52. The Morgan fingerprint density at radius 2 is 1.91 bits per heavy atom. The number of fused-ring (bicyclic) bond motifs is 1. The van der Waals surface area contributed by atoms with Gasteiger partial charge >= 0.3 is 11.7 Å². The van der Waals surface area contributed by atoms with E-state index in [4.69, 9.17) is 9.15 Å². The number of amides is 1. The topological polar surface area (TPSA) is 63.0 Å². The summed E-state index contributed by atoms with van der Waals surface area (Å²) in [5, 5.41) is 0.832. The van der Waals surface area contributed by atoms with Crippen molar-refractivity contribution in [3.8, 4) is 5.75 Å². The molecule has 3 rings (SSSR count). The molecule has 1 amide bonds. The quantitative estimate of drug-likeness (QED) is 0.752. The molecule has 0 atom stereocenters. The maximum atomic E-state index is 12.1. The third kappa shape index (κ3) is 2.96. The lowest BCUT2D eigenvalue weighted by Gasteiger charge is -2.31. The van der Waals surface area contributed by atoms with E-state index in [1.807, 2.05) is 14.0 Å². The van der Waals surface area contributed by atoms with Crippen LogP contribution in [0, 0.1) is 6.92 Å². The van der Waals surface area contributed by atoms with Gasteiger partial charge in [0, 0.05) is 43.7 Å². The van der Waals surface area contributed by atoms with Crippen molar-refractivity contribution < 1.29 is 13.9 Å². The van der Waals surface area contributed by atoms with Crippen LogP contribution in [0.3, 0.4) is 0 Å². The third-order valence-corrected chi connectivity index (χ3v) is 3.89. The Hall–Kier alpha value is -2.34. The van der Waals surface area contributed by atoms with E-state index in [1.165, 1.54) is 6.07 Å². The summed E-state index contributed by atoms with van der Waals surface area (Å²) in [6, 6.07) is 6.53. The molecule has 0 unspecified atom stereocenters. The zero-order valence-corrected chi connectivity index (χ0v) is 12.7. The molecule has 6 heteroatoms. The summed E-state index contributed by atoms with van der Waals surface area (Å²) >= 11 is 0. The van der Waals surface area contributed by atoms with Gasteiger partial charge in [-0.15, -0.1) is 0 Å². The summed E-state index contributed by atoms with van der Waals surface area (Å²) < 4.78 is 10.5. The molecule has 1 saturated heterocycles. The van der Waals surface area contributed by atoms with Gasteiger partial charge in [-0.1, -0.05) is 0 Å². The number of ether oxygens (including phenoxy) is 1. The fourth-order valence-electron chi connectivity index (χ4n) is 2.52. The van der Waals surface area contributed by atoms with Gasteiger partial charge in [0.05, 0.1) is 0 Å². The highest BCUT2D eigenvalue weighted by Crippen LogP contribution is 2.22. The molecule has 116 valence electrons. The highest BCUT2D eigenvalue weighted by atomic mass is 16.6. The number of carbonyl (C=O) groups is 1. The maximum Gasteiger partial charge on any atom is 0.415 e. The van der Waals surface area contributed by atoms with E-state index in [2.05, 4.69) is 4.90 Å². The van der Waals surface area contributed by atoms with Crippen LogP contribution in [0.1, 0.15) is 5.56 Å². The Morgan fingerprint density at radius 3 is 2.64 bits per heavy atom. The normalized spacial score (nSPS) is 16.0. The summed E-state index contributed by atoms with van der Waals surface area (Å²) in [5.41, 5.74) is 0.851. The maximum absolute atomic E-state index is 12.1. The summed E-state index contributed by atoms with van der Waals surface area (Å²) in [7, 11) is 2.02. The van der Waals surface area contributed by atoms with Crippen LogP contribution in [0.5, 0.6) is 5.75 Å². The number of likely N-dealkylation sites (N-methyl/N-ethyl adjacent to an activating group) is 1. The first-order valence-corrected chi connectivity index (χ1v) is 7.23. The molecule has 22 heavy (non-hydrogen) atoms. The van der Waals surface area contributed by atoms with Crippen LogP contribution in [0.2, 0.25) is 0 Å². The average molecular weight is 302 g/mol. The number of benzene rings is 1. The van der Waals surface area contributed by atoms with Crippen molar-refractivity contribution in [2.24, 2.45) is 0 Å². The van der Waals surface area contributed by atoms with Gasteiger partial charge in [0.25, 0.3) is 0 Å². The molecule has 6 nitrogen and oxygen atoms in total. The molecule has 1 aliphatic heterocycles. The SMILES string of the molecule is Cc1cc(=O)oc2cc(OC(=O)N3CCN(C)CC3)ccc12. The predicted octanol–water partition coefficient (Wildman–Crippen LogP) is 1.85. The molecule has 0 bridgehead atoms. The number of hydrogen-bond donors (Lipinski definition) is 0. The van der Waals surface area contributed by atoms with Gasteiger partial charge in [0.15, 0.2) is 0 Å². The van der Waals surface area contributed by atoms with Crippen LogP contribution in [0.15, 0.2) is 33.5 Å². The minimum Gasteiger partial charge on any atom is -0.423 e. The minimum atomic E-state index is -0.410. The number of piperazine rings is 1. The number of hydrogen-bond acceptors (Lipinski definition) is 5. The Bertz CT molecular complexity index is 760. The van der Waals surface area contributed by atoms with Gasteiger partial charge in [0.2, 0.25) is 0 Å². The van der Waals surface area contributed by atoms with Crippen LogP contribution < -0.4 is 10.4 Å². The Labute approximate surface area is 127 Å². The highest BCUT2D eigenvalue weighted by Gasteiger charge is 2.20. The van der Waals surface area contributed by atoms with Crippen molar-refractivity contribution in [2.45, 2.75) is 6.92 Å². The number of carbonyl (C=O) groups excluding carboxylic acids is 1. The van der Waals surface area contributed by atoms with Crippen LogP contribution in [-0.4, -0.2) is 49.1 Å². The second-order valence-corrected chi connectivity index (χ2v) is 5.56. The van der Waals surface area contributed by atoms with Gasteiger partial charge in [-0.3, -0.25) is 0 Å². The monoisotopic (exact) mass is 302 g/mol. The molecular formula is C16H18N2O4. The van der Waals surface area contributed by atoms with Gasteiger partial charge in [0.1, 0.15) is 11.3 Å². The first-order chi connectivity index (χ1) is 10.5. The van der Waals surface area contributed by atoms with E-state index in [0.717, 1.165) is 24.0 Å². The lowest BCUT2D eigenvalue weighted by molar-refractivity contribution is 0.120. The summed E-state index contributed by atoms with van der Waals surface area (Å²) in [6.07, 6.45) is -0.373. The highest BCUT2D eigenvalue weighted by molar-refractivity contribution is 5.82. The molecule has 0 aliphatic carbocycles. The largest absolute Gasteiger partial charge is 0.423 e. The Balaban J connectivity index is 1.79. The molecule has 1 fully saturated rings. The van der Waals surface area contributed by atoms with Crippen molar-refractivity contribution >= 4 is 17.1 Å². The van der Waals surface area contributed by atoms with Crippen LogP contribution in [0.25, 0.3) is 11.0 Å². The second kappa shape index (κ2) is 5.81. The molecule has 1 aromatic heterocycles. The lowest BCUT2D eigenvalue weighted by Crippen LogP contribution is -2.48. The molecule has 1 aromatic carbocycles. The van der Waals surface area contributed by atoms with Crippen molar-refractivity contribution in [1.29, 1.82) is 0 Å². The van der Waals surface area contributed by atoms with Crippen molar-refractivity contribution in [3.63, 3.8) is 0 Å². The molecule has 0 radical (unpaired) electrons. The third-order valence-electron chi connectivity index (χ3n) is 3.89. The molecule has 0 spiro atoms. The first-order valence-electron chi connectivity index (χ1n) is 7.23. The number of nitrogens with zero attached hydrogens (tertiary/aromatic N) is 2. The van der Waals surface area contributed by atoms with Gasteiger partial charge in [-0.2, -0.15) is 0 Å². The van der Waals surface area contributed by atoms with E-state index < -0.39 is 5.63 Å². The van der Waals surface area contributed by atoms with Gasteiger partial charge in [-0.05, 0) is 31.7 Å². The Morgan fingerprint density at radius 1 is 1.18 bits per heavy atom. The zero-order chi connectivity index (χ0) is 15.7. The van der Waals surface area contributed by atoms with Crippen molar-refractivity contribution in [2.75, 3.05) is 33.2 Å². The van der Waals surface area contributed by atoms with E-state index in [9.17, 15) is 9.59 Å². The average Bonchev–Trinajstić information content (AvgIpc) is 2.47. The minimum absolute atomic E-state index is 0.373. The molecule has 0 N–H and O–H groups in total. The first kappa shape index (κ1) is 14.6. The molecule has 2 aromatic rings. The van der Waals surface area contributed by atoms with Crippen LogP contribution in [-0.2, 0) is 0 Å². The Kier molecular flexibility index (Phi) is 3.85. The standard InChI is InChI=1S/C16H18N2O4/c1-11-9-15(19)22-14-10-12(3-4-13(11)14)21-16(20)18-7-5-17(2)6-8-18/h3-4,9-10H,5-8H2,1-2H3. The van der Waals surface area contributed by atoms with Gasteiger partial charge < -0.3 is 19.0 Å². The predicted molar refractivity (Wildman–Crippen MR) is 82.3 cm³/mol. The summed E-state index contributed by atoms with van der Waals surface area (Å²) in [4.78, 5) is 27.4. The van der Waals surface area contributed by atoms with Crippen molar-refractivity contribution in [3.05, 3.63) is 40.2 Å². The lowest BCUT2D eigenvalue weighted by atomic mass is 10.1. The fraction of sp³-hybridized carbons (Fsp3) is 0.375. The van der Waals surface area contributed by atoms with Crippen LogP contribution in [0.4, 0.5) is 4.79 Å². The molecule has 1 aliphatic rings. The van der Waals surface area contributed by atoms with E-state index in [-0.39, 0.29) is 6.09 Å². The van der Waals surface area contributed by atoms with Crippen molar-refractivity contribution in [1.82, 2.24) is 9.80 Å². The van der Waals surface area contributed by atoms with E-state index in [1.54, 1.807) is 23.1 Å². The smallest absolute Gasteiger partial charge is 0.415 e. The number of aryl methyl sites for hydroxylation is 1. The summed E-state index contributed by atoms with van der Waals surface area (Å²) in [6.45, 7) is 4.81. The summed E-state index contributed by atoms with van der Waals surface area (Å²) in [5.74, 6) is 0.380. The van der Waals surface area contributed by atoms with E-state index in [0.29, 0.717) is 24.4 Å². The zero-order valence-electron chi connectivity index (χ0n) is 12.7. The number of rotatable bonds is 1. The second-order valence-electron chi connectivity index (χ2n) is 5.56. The van der Waals surface area contributed by atoms with Crippen LogP contribution >= 0.6 is 0 Å². The molecule has 0 saturated carbocycles. The van der Waals surface area contributed by atoms with Gasteiger partial charge in [-0.25, -0.2) is 9.59 Å². The molecular weight excluding hydrogens is 284 g/mol. The van der Waals surface area contributed by atoms with E-state index >= 15 is 0 Å².